The molecule has 4 heterocycles. The van der Waals surface area contributed by atoms with Crippen molar-refractivity contribution in [2.75, 3.05) is 33.3 Å². The van der Waals surface area contributed by atoms with E-state index in [9.17, 15) is 14.0 Å². The van der Waals surface area contributed by atoms with E-state index in [-0.39, 0.29) is 17.8 Å². The average molecular weight is 437 g/mol. The number of amides is 1. The Hall–Kier alpha value is -2.73. The van der Waals surface area contributed by atoms with Crippen LogP contribution in [0.2, 0.25) is 0 Å². The number of carbonyl (C=O) groups excluding carboxylic acids is 2. The molecule has 2 aromatic carbocycles. The highest BCUT2D eigenvalue weighted by molar-refractivity contribution is 5.90. The molecule has 4 aliphatic rings. The molecular formula is C26H29FN2O3. The predicted octanol–water partition coefficient (Wildman–Crippen LogP) is 3.82. The van der Waals surface area contributed by atoms with Gasteiger partial charge < -0.3 is 14.5 Å². The molecule has 0 aliphatic carbocycles. The summed E-state index contributed by atoms with van der Waals surface area (Å²) in [6.07, 6.45) is 3.65. The number of methoxy groups -OCH3 is 1. The van der Waals surface area contributed by atoms with Crippen molar-refractivity contribution in [2.24, 2.45) is 11.8 Å². The van der Waals surface area contributed by atoms with Gasteiger partial charge in [0.1, 0.15) is 5.82 Å². The van der Waals surface area contributed by atoms with E-state index in [0.717, 1.165) is 42.7 Å². The third-order valence-electron chi connectivity index (χ3n) is 7.53. The quantitative estimate of drug-likeness (QED) is 0.684. The van der Waals surface area contributed by atoms with Gasteiger partial charge in [0.05, 0.1) is 18.7 Å². The van der Waals surface area contributed by atoms with Gasteiger partial charge in [0, 0.05) is 19.5 Å². The lowest BCUT2D eigenvalue weighted by Crippen LogP contribution is -2.49. The van der Waals surface area contributed by atoms with Crippen LogP contribution < -0.4 is 0 Å². The Morgan fingerprint density at radius 2 is 1.81 bits per heavy atom. The van der Waals surface area contributed by atoms with Crippen molar-refractivity contribution in [1.82, 2.24) is 9.80 Å². The number of benzene rings is 2. The standard InChI is InChI=1S/C26H29FN2O3/c1-32-26(31)20-3-2-18-10-13-29(24(30)15-21-16-28-11-8-17(21)9-12-28)25(23(18)14-20)19-4-6-22(27)7-5-19/h2-7,14,17,21,25H,8-13,15-16H2,1H3/t21-,25+/m1/s1. The van der Waals surface area contributed by atoms with Crippen molar-refractivity contribution < 1.29 is 18.7 Å². The minimum Gasteiger partial charge on any atom is -0.465 e. The van der Waals surface area contributed by atoms with E-state index in [4.69, 9.17) is 4.74 Å². The Morgan fingerprint density at radius 1 is 1.06 bits per heavy atom. The van der Waals surface area contributed by atoms with Crippen LogP contribution >= 0.6 is 0 Å². The number of halogens is 1. The minimum atomic E-state index is -0.401. The summed E-state index contributed by atoms with van der Waals surface area (Å²) in [4.78, 5) is 30.2. The Bertz CT molecular complexity index is 1010. The number of rotatable bonds is 4. The fourth-order valence-electron chi connectivity index (χ4n) is 5.79. The highest BCUT2D eigenvalue weighted by Gasteiger charge is 2.38. The van der Waals surface area contributed by atoms with E-state index in [1.165, 1.54) is 32.1 Å². The molecule has 6 heteroatoms. The molecule has 3 fully saturated rings. The maximum Gasteiger partial charge on any atom is 0.337 e. The Labute approximate surface area is 188 Å². The zero-order chi connectivity index (χ0) is 22.2. The van der Waals surface area contributed by atoms with E-state index in [2.05, 4.69) is 4.90 Å². The van der Waals surface area contributed by atoms with Gasteiger partial charge in [-0.15, -0.1) is 0 Å². The number of carbonyl (C=O) groups is 2. The number of hydrogen-bond acceptors (Lipinski definition) is 4. The van der Waals surface area contributed by atoms with E-state index in [0.29, 0.717) is 30.4 Å². The molecule has 3 saturated heterocycles. The average Bonchev–Trinajstić information content (AvgIpc) is 2.83. The molecule has 0 saturated carbocycles. The van der Waals surface area contributed by atoms with Gasteiger partial charge in [-0.3, -0.25) is 4.79 Å². The van der Waals surface area contributed by atoms with Crippen LogP contribution in [0.1, 0.15) is 52.4 Å². The van der Waals surface area contributed by atoms with Gasteiger partial charge in [0.2, 0.25) is 5.91 Å². The highest BCUT2D eigenvalue weighted by Crippen LogP contribution is 2.39. The SMILES string of the molecule is COC(=O)c1ccc2c(c1)[C@H](c1ccc(F)cc1)N(C(=O)C[C@@H]1CN3CCC1CC3)CC2. The van der Waals surface area contributed by atoms with E-state index < -0.39 is 5.97 Å². The summed E-state index contributed by atoms with van der Waals surface area (Å²) in [6.45, 7) is 3.93. The first-order valence-electron chi connectivity index (χ1n) is 11.5. The number of ether oxygens (including phenoxy) is 1. The Morgan fingerprint density at radius 3 is 2.47 bits per heavy atom. The van der Waals surface area contributed by atoms with Gasteiger partial charge in [-0.1, -0.05) is 18.2 Å². The zero-order valence-electron chi connectivity index (χ0n) is 18.4. The largest absolute Gasteiger partial charge is 0.465 e. The maximum absolute atomic E-state index is 13.7. The van der Waals surface area contributed by atoms with Gasteiger partial charge in [0.15, 0.2) is 0 Å². The fourth-order valence-corrected chi connectivity index (χ4v) is 5.79. The second kappa shape index (κ2) is 8.66. The predicted molar refractivity (Wildman–Crippen MR) is 119 cm³/mol. The number of nitrogens with zero attached hydrogens (tertiary/aromatic N) is 2. The molecule has 0 spiro atoms. The Kier molecular flexibility index (Phi) is 5.72. The van der Waals surface area contributed by atoms with Gasteiger partial charge >= 0.3 is 5.97 Å². The normalized spacial score (nSPS) is 26.5. The van der Waals surface area contributed by atoms with Crippen molar-refractivity contribution in [3.63, 3.8) is 0 Å². The van der Waals surface area contributed by atoms with E-state index in [1.807, 2.05) is 17.0 Å². The second-order valence-electron chi connectivity index (χ2n) is 9.30. The molecule has 1 amide bonds. The second-order valence-corrected chi connectivity index (χ2v) is 9.30. The summed E-state index contributed by atoms with van der Waals surface area (Å²) in [5, 5.41) is 0. The third-order valence-corrected chi connectivity index (χ3v) is 7.53. The first-order valence-corrected chi connectivity index (χ1v) is 11.5. The molecule has 168 valence electrons. The summed E-state index contributed by atoms with van der Waals surface area (Å²) in [7, 11) is 1.36. The highest BCUT2D eigenvalue weighted by atomic mass is 19.1. The smallest absolute Gasteiger partial charge is 0.337 e. The molecule has 0 unspecified atom stereocenters. The van der Waals surface area contributed by atoms with Crippen molar-refractivity contribution >= 4 is 11.9 Å². The van der Waals surface area contributed by atoms with Crippen LogP contribution in [-0.4, -0.2) is 55.0 Å². The first kappa shape index (κ1) is 21.1. The van der Waals surface area contributed by atoms with Crippen molar-refractivity contribution in [3.8, 4) is 0 Å². The zero-order valence-corrected chi connectivity index (χ0v) is 18.4. The molecule has 2 aromatic rings. The fraction of sp³-hybridized carbons (Fsp3) is 0.462. The van der Waals surface area contributed by atoms with Gasteiger partial charge in [0.25, 0.3) is 0 Å². The number of fused-ring (bicyclic) bond motifs is 4. The lowest BCUT2D eigenvalue weighted by Gasteiger charge is -2.46. The summed E-state index contributed by atoms with van der Waals surface area (Å²) in [5.41, 5.74) is 3.36. The summed E-state index contributed by atoms with van der Waals surface area (Å²) >= 11 is 0. The third kappa shape index (κ3) is 3.92. The van der Waals surface area contributed by atoms with Crippen LogP contribution in [-0.2, 0) is 16.0 Å². The van der Waals surface area contributed by atoms with Crippen molar-refractivity contribution in [3.05, 3.63) is 70.5 Å². The van der Waals surface area contributed by atoms with Crippen molar-refractivity contribution in [1.29, 1.82) is 0 Å². The van der Waals surface area contributed by atoms with Crippen LogP contribution in [0.25, 0.3) is 0 Å². The molecule has 2 bridgehead atoms. The first-order chi connectivity index (χ1) is 15.5. The molecule has 0 radical (unpaired) electrons. The minimum absolute atomic E-state index is 0.146. The van der Waals surface area contributed by atoms with Crippen LogP contribution in [0.15, 0.2) is 42.5 Å². The van der Waals surface area contributed by atoms with Crippen LogP contribution in [0.4, 0.5) is 4.39 Å². The Balaban J connectivity index is 1.48. The molecule has 4 aliphatic heterocycles. The molecule has 0 aromatic heterocycles. The van der Waals surface area contributed by atoms with Gasteiger partial charge in [-0.2, -0.15) is 0 Å². The molecule has 6 rings (SSSR count). The molecular weight excluding hydrogens is 407 g/mol. The molecule has 2 atom stereocenters. The summed E-state index contributed by atoms with van der Waals surface area (Å²) < 4.78 is 18.6. The summed E-state index contributed by atoms with van der Waals surface area (Å²) in [5.74, 6) is 0.477. The lowest BCUT2D eigenvalue weighted by molar-refractivity contribution is -0.136. The maximum atomic E-state index is 13.7. The molecule has 0 N–H and O–H groups in total. The lowest BCUT2D eigenvalue weighted by atomic mass is 9.77. The van der Waals surface area contributed by atoms with Gasteiger partial charge in [-0.05, 0) is 85.1 Å². The van der Waals surface area contributed by atoms with Crippen LogP contribution in [0.5, 0.6) is 0 Å². The number of esters is 1. The number of hydrogen-bond donors (Lipinski definition) is 0. The van der Waals surface area contributed by atoms with Crippen LogP contribution in [0.3, 0.4) is 0 Å². The van der Waals surface area contributed by atoms with E-state index in [1.54, 1.807) is 18.2 Å². The summed E-state index contributed by atoms with van der Waals surface area (Å²) in [6, 6.07) is 11.6. The number of piperidine rings is 3. The topological polar surface area (TPSA) is 49.9 Å². The van der Waals surface area contributed by atoms with E-state index >= 15 is 0 Å². The molecule has 32 heavy (non-hydrogen) atoms. The molecule has 5 nitrogen and oxygen atoms in total. The van der Waals surface area contributed by atoms with Gasteiger partial charge in [-0.25, -0.2) is 9.18 Å². The van der Waals surface area contributed by atoms with Crippen LogP contribution in [0, 0.1) is 17.7 Å². The van der Waals surface area contributed by atoms with Crippen molar-refractivity contribution in [2.45, 2.75) is 31.7 Å². The monoisotopic (exact) mass is 436 g/mol.